The normalized spacial score (nSPS) is 16.4. The van der Waals surface area contributed by atoms with Gasteiger partial charge in [0.1, 0.15) is 0 Å². The molecule has 116 valence electrons. The Morgan fingerprint density at radius 2 is 2.10 bits per heavy atom. The van der Waals surface area contributed by atoms with Gasteiger partial charge in [0.25, 0.3) is 0 Å². The summed E-state index contributed by atoms with van der Waals surface area (Å²) in [5.41, 5.74) is 1.06. The minimum Gasteiger partial charge on any atom is -0.343 e. The highest BCUT2D eigenvalue weighted by Crippen LogP contribution is 2.27. The molecule has 1 aromatic rings. The fourth-order valence-corrected chi connectivity index (χ4v) is 3.00. The molecule has 0 aliphatic carbocycles. The van der Waals surface area contributed by atoms with Crippen LogP contribution in [0.3, 0.4) is 0 Å². The highest BCUT2D eigenvalue weighted by molar-refractivity contribution is 5.76. The maximum atomic E-state index is 12.1. The molecule has 4 nitrogen and oxygen atoms in total. The van der Waals surface area contributed by atoms with Crippen molar-refractivity contribution in [2.75, 3.05) is 13.1 Å². The molecule has 0 unspecified atom stereocenters. The number of hydrogen-bond donors (Lipinski definition) is 1. The van der Waals surface area contributed by atoms with E-state index in [1.807, 2.05) is 11.0 Å². The zero-order valence-corrected chi connectivity index (χ0v) is 13.1. The van der Waals surface area contributed by atoms with E-state index in [4.69, 9.17) is 0 Å². The average Bonchev–Trinajstić information content (AvgIpc) is 2.47. The monoisotopic (exact) mass is 290 g/mol. The Labute approximate surface area is 126 Å². The summed E-state index contributed by atoms with van der Waals surface area (Å²) in [7, 11) is 0. The first-order chi connectivity index (χ1) is 10.1. The first kappa shape index (κ1) is 15.8. The fraction of sp³-hybridized carbons (Fsp3) is 0.647. The number of pyridine rings is 1. The summed E-state index contributed by atoms with van der Waals surface area (Å²) < 4.78 is 0. The van der Waals surface area contributed by atoms with Crippen LogP contribution in [0, 0.1) is 5.92 Å². The lowest BCUT2D eigenvalue weighted by Gasteiger charge is -2.32. The van der Waals surface area contributed by atoms with Crippen molar-refractivity contribution in [3.05, 3.63) is 34.2 Å². The van der Waals surface area contributed by atoms with E-state index < -0.39 is 0 Å². The molecular weight excluding hydrogens is 264 g/mol. The van der Waals surface area contributed by atoms with Crippen molar-refractivity contribution in [3.8, 4) is 0 Å². The summed E-state index contributed by atoms with van der Waals surface area (Å²) in [6, 6.07) is 3.66. The number of amides is 1. The number of hydrogen-bond acceptors (Lipinski definition) is 2. The molecule has 0 atom stereocenters. The van der Waals surface area contributed by atoms with E-state index in [-0.39, 0.29) is 5.56 Å². The van der Waals surface area contributed by atoms with Crippen LogP contribution in [0.25, 0.3) is 0 Å². The molecule has 0 spiro atoms. The number of likely N-dealkylation sites (tertiary alicyclic amines) is 1. The Hall–Kier alpha value is -1.58. The smallest absolute Gasteiger partial charge is 0.248 e. The second-order valence-electron chi connectivity index (χ2n) is 6.43. The van der Waals surface area contributed by atoms with Crippen molar-refractivity contribution >= 4 is 5.91 Å². The van der Waals surface area contributed by atoms with Gasteiger partial charge in [0.15, 0.2) is 0 Å². The molecular formula is C17H26N2O2. The molecule has 4 heteroatoms. The van der Waals surface area contributed by atoms with Gasteiger partial charge in [-0.15, -0.1) is 0 Å². The molecule has 1 fully saturated rings. The van der Waals surface area contributed by atoms with Crippen LogP contribution in [0.1, 0.15) is 57.4 Å². The predicted molar refractivity (Wildman–Crippen MR) is 84.3 cm³/mol. The van der Waals surface area contributed by atoms with Gasteiger partial charge in [0, 0.05) is 31.8 Å². The molecule has 1 aliphatic heterocycles. The second kappa shape index (κ2) is 7.43. The topological polar surface area (TPSA) is 53.2 Å². The number of rotatable bonds is 5. The van der Waals surface area contributed by atoms with Crippen LogP contribution in [-0.2, 0) is 4.79 Å². The zero-order valence-electron chi connectivity index (χ0n) is 13.1. The third-order valence-corrected chi connectivity index (χ3v) is 4.29. The van der Waals surface area contributed by atoms with Gasteiger partial charge in [-0.2, -0.15) is 0 Å². The largest absolute Gasteiger partial charge is 0.343 e. The first-order valence-corrected chi connectivity index (χ1v) is 8.02. The minimum atomic E-state index is -0.0420. The van der Waals surface area contributed by atoms with E-state index in [0.29, 0.717) is 24.2 Å². The maximum absolute atomic E-state index is 12.1. The summed E-state index contributed by atoms with van der Waals surface area (Å²) >= 11 is 0. The molecule has 1 N–H and O–H groups in total. The lowest BCUT2D eigenvalue weighted by atomic mass is 9.90. The van der Waals surface area contributed by atoms with Crippen molar-refractivity contribution in [3.63, 3.8) is 0 Å². The van der Waals surface area contributed by atoms with Crippen LogP contribution < -0.4 is 5.56 Å². The number of aromatic nitrogens is 1. The summed E-state index contributed by atoms with van der Waals surface area (Å²) in [6.45, 7) is 6.02. The van der Waals surface area contributed by atoms with Crippen LogP contribution in [0.2, 0.25) is 0 Å². The van der Waals surface area contributed by atoms with Crippen molar-refractivity contribution in [2.45, 2.75) is 51.9 Å². The Balaban J connectivity index is 1.80. The van der Waals surface area contributed by atoms with Crippen LogP contribution in [0.5, 0.6) is 0 Å². The van der Waals surface area contributed by atoms with Gasteiger partial charge in [-0.1, -0.05) is 20.3 Å². The quantitative estimate of drug-likeness (QED) is 0.906. The molecule has 1 amide bonds. The van der Waals surface area contributed by atoms with Gasteiger partial charge < -0.3 is 9.88 Å². The number of nitrogens with zero attached hydrogens (tertiary/aromatic N) is 1. The maximum Gasteiger partial charge on any atom is 0.248 e. The Morgan fingerprint density at radius 3 is 2.71 bits per heavy atom. The predicted octanol–water partition coefficient (Wildman–Crippen LogP) is 2.91. The van der Waals surface area contributed by atoms with Gasteiger partial charge in [0.05, 0.1) is 0 Å². The molecule has 2 rings (SSSR count). The molecule has 1 saturated heterocycles. The van der Waals surface area contributed by atoms with Crippen molar-refractivity contribution < 1.29 is 4.79 Å². The van der Waals surface area contributed by atoms with Gasteiger partial charge in [-0.05, 0) is 42.7 Å². The molecule has 0 aromatic carbocycles. The number of carbonyl (C=O) groups is 1. The summed E-state index contributed by atoms with van der Waals surface area (Å²) in [5.74, 6) is 1.37. The summed E-state index contributed by atoms with van der Waals surface area (Å²) in [6.07, 6.45) is 6.41. The van der Waals surface area contributed by atoms with E-state index in [2.05, 4.69) is 18.8 Å². The number of carbonyl (C=O) groups excluding carboxylic acids is 1. The Kier molecular flexibility index (Phi) is 5.59. The molecule has 2 heterocycles. The van der Waals surface area contributed by atoms with E-state index >= 15 is 0 Å². The lowest BCUT2D eigenvalue weighted by Crippen LogP contribution is -2.37. The highest BCUT2D eigenvalue weighted by Gasteiger charge is 2.23. The van der Waals surface area contributed by atoms with Crippen LogP contribution >= 0.6 is 0 Å². The van der Waals surface area contributed by atoms with Crippen LogP contribution in [0.4, 0.5) is 0 Å². The fourth-order valence-electron chi connectivity index (χ4n) is 3.00. The van der Waals surface area contributed by atoms with Crippen molar-refractivity contribution in [1.29, 1.82) is 0 Å². The minimum absolute atomic E-state index is 0.0420. The highest BCUT2D eigenvalue weighted by atomic mass is 16.2. The van der Waals surface area contributed by atoms with E-state index in [1.54, 1.807) is 12.3 Å². The summed E-state index contributed by atoms with van der Waals surface area (Å²) in [4.78, 5) is 28.1. The SMILES string of the molecule is CC(C)CCCC(=O)N1CCC(c2cc[nH]c(=O)c2)CC1. The van der Waals surface area contributed by atoms with Crippen LogP contribution in [0.15, 0.2) is 23.1 Å². The molecule has 1 aromatic heterocycles. The lowest BCUT2D eigenvalue weighted by molar-refractivity contribution is -0.132. The number of H-pyrrole nitrogens is 1. The Bertz CT molecular complexity index is 514. The third kappa shape index (κ3) is 4.73. The molecule has 21 heavy (non-hydrogen) atoms. The van der Waals surface area contributed by atoms with E-state index in [1.165, 1.54) is 0 Å². The zero-order chi connectivity index (χ0) is 15.2. The molecule has 0 bridgehead atoms. The summed E-state index contributed by atoms with van der Waals surface area (Å²) in [5, 5.41) is 0. The third-order valence-electron chi connectivity index (χ3n) is 4.29. The Morgan fingerprint density at radius 1 is 1.38 bits per heavy atom. The van der Waals surface area contributed by atoms with Gasteiger partial charge in [-0.3, -0.25) is 9.59 Å². The van der Waals surface area contributed by atoms with Crippen molar-refractivity contribution in [1.82, 2.24) is 9.88 Å². The van der Waals surface area contributed by atoms with Gasteiger partial charge in [0.2, 0.25) is 11.5 Å². The number of piperidine rings is 1. The van der Waals surface area contributed by atoms with Crippen molar-refractivity contribution in [2.24, 2.45) is 5.92 Å². The number of aromatic amines is 1. The van der Waals surface area contributed by atoms with Gasteiger partial charge >= 0.3 is 0 Å². The molecule has 0 saturated carbocycles. The van der Waals surface area contributed by atoms with Crippen LogP contribution in [-0.4, -0.2) is 28.9 Å². The van der Waals surface area contributed by atoms with E-state index in [9.17, 15) is 9.59 Å². The van der Waals surface area contributed by atoms with Gasteiger partial charge in [-0.25, -0.2) is 0 Å². The average molecular weight is 290 g/mol. The number of nitrogens with one attached hydrogen (secondary N) is 1. The van der Waals surface area contributed by atoms with E-state index in [0.717, 1.165) is 44.3 Å². The first-order valence-electron chi connectivity index (χ1n) is 8.02. The molecule has 1 aliphatic rings. The standard InChI is InChI=1S/C17H26N2O2/c1-13(2)4-3-5-17(21)19-10-7-14(8-11-19)15-6-9-18-16(20)12-15/h6,9,12-14H,3-5,7-8,10-11H2,1-2H3,(H,18,20). The second-order valence-corrected chi connectivity index (χ2v) is 6.43. The molecule has 0 radical (unpaired) electrons.